The van der Waals surface area contributed by atoms with Gasteiger partial charge in [-0.05, 0) is 61.5 Å². The molecular formula is C19H21FN4S. The molecule has 0 amide bonds. The van der Waals surface area contributed by atoms with Crippen LogP contribution in [-0.4, -0.2) is 33.6 Å². The van der Waals surface area contributed by atoms with E-state index in [4.69, 9.17) is 12.2 Å². The van der Waals surface area contributed by atoms with Crippen molar-refractivity contribution >= 4 is 28.2 Å². The number of aromatic nitrogens is 2. The molecule has 2 N–H and O–H groups in total. The van der Waals surface area contributed by atoms with Crippen molar-refractivity contribution in [2.24, 2.45) is 0 Å². The molecule has 2 heterocycles. The van der Waals surface area contributed by atoms with E-state index < -0.39 is 0 Å². The molecule has 2 aromatic heterocycles. The molecule has 6 heteroatoms. The molecule has 4 nitrogen and oxygen atoms in total. The molecule has 0 atom stereocenters. The summed E-state index contributed by atoms with van der Waals surface area (Å²) in [6.45, 7) is 3.38. The van der Waals surface area contributed by atoms with Crippen molar-refractivity contribution in [3.8, 4) is 0 Å². The normalized spacial score (nSPS) is 10.8. The number of hydrogen-bond donors (Lipinski definition) is 2. The topological polar surface area (TPSA) is 44.0 Å². The van der Waals surface area contributed by atoms with Crippen LogP contribution in [0.3, 0.4) is 0 Å². The summed E-state index contributed by atoms with van der Waals surface area (Å²) in [6.07, 6.45) is 2.55. The molecule has 0 saturated heterocycles. The lowest BCUT2D eigenvalue weighted by atomic mass is 10.1. The lowest BCUT2D eigenvalue weighted by Crippen LogP contribution is -2.38. The Morgan fingerprint density at radius 2 is 2.16 bits per heavy atom. The van der Waals surface area contributed by atoms with Gasteiger partial charge in [-0.2, -0.15) is 0 Å². The van der Waals surface area contributed by atoms with E-state index in [2.05, 4.69) is 20.2 Å². The van der Waals surface area contributed by atoms with E-state index in [9.17, 15) is 4.39 Å². The van der Waals surface area contributed by atoms with Crippen molar-refractivity contribution in [3.05, 3.63) is 65.4 Å². The zero-order valence-corrected chi connectivity index (χ0v) is 15.2. The number of rotatable bonds is 5. The van der Waals surface area contributed by atoms with Crippen molar-refractivity contribution in [1.29, 1.82) is 0 Å². The zero-order valence-electron chi connectivity index (χ0n) is 14.3. The second kappa shape index (κ2) is 7.61. The second-order valence-electron chi connectivity index (χ2n) is 5.97. The smallest absolute Gasteiger partial charge is 0.169 e. The summed E-state index contributed by atoms with van der Waals surface area (Å²) in [5, 5.41) is 4.65. The number of aryl methyl sites for hydroxylation is 1. The molecule has 3 aromatic rings. The average Bonchev–Trinajstić information content (AvgIpc) is 2.93. The van der Waals surface area contributed by atoms with E-state index >= 15 is 0 Å². The van der Waals surface area contributed by atoms with Crippen LogP contribution in [0.5, 0.6) is 0 Å². The number of hydrogen-bond acceptors (Lipinski definition) is 2. The van der Waals surface area contributed by atoms with Crippen molar-refractivity contribution in [2.75, 3.05) is 13.6 Å². The van der Waals surface area contributed by atoms with Gasteiger partial charge < -0.3 is 15.2 Å². The fourth-order valence-corrected chi connectivity index (χ4v) is 3.18. The highest BCUT2D eigenvalue weighted by Gasteiger charge is 2.14. The third kappa shape index (κ3) is 3.96. The molecule has 0 spiro atoms. The van der Waals surface area contributed by atoms with Gasteiger partial charge in [0.1, 0.15) is 5.82 Å². The van der Waals surface area contributed by atoms with Crippen molar-refractivity contribution < 1.29 is 4.39 Å². The molecule has 0 unspecified atom stereocenters. The van der Waals surface area contributed by atoms with Crippen LogP contribution in [-0.2, 0) is 13.0 Å². The van der Waals surface area contributed by atoms with Gasteiger partial charge in [0.25, 0.3) is 0 Å². The quantitative estimate of drug-likeness (QED) is 0.686. The first-order chi connectivity index (χ1) is 12.1. The Kier molecular flexibility index (Phi) is 5.28. The number of nitrogens with one attached hydrogen (secondary N) is 2. The molecule has 3 rings (SSSR count). The van der Waals surface area contributed by atoms with Crippen LogP contribution < -0.4 is 5.32 Å². The Balaban J connectivity index is 1.80. The van der Waals surface area contributed by atoms with Crippen LogP contribution in [0.4, 0.5) is 4.39 Å². The molecule has 0 saturated carbocycles. The zero-order chi connectivity index (χ0) is 17.8. The van der Waals surface area contributed by atoms with E-state index in [1.165, 1.54) is 6.07 Å². The standard InChI is InChI=1S/C19H21FN4S/c1-13-16(17-11-14(20)6-7-18(17)23-13)8-10-24(19(25)21-2)12-15-5-3-4-9-22-15/h3-7,9,11,23H,8,10,12H2,1-2H3,(H,21,25). The third-order valence-electron chi connectivity index (χ3n) is 4.29. The molecule has 1 aromatic carbocycles. The maximum Gasteiger partial charge on any atom is 0.169 e. The van der Waals surface area contributed by atoms with Crippen LogP contribution in [0, 0.1) is 12.7 Å². The highest BCUT2D eigenvalue weighted by atomic mass is 32.1. The van der Waals surface area contributed by atoms with Gasteiger partial charge in [0.05, 0.1) is 12.2 Å². The molecule has 0 bridgehead atoms. The minimum absolute atomic E-state index is 0.219. The Morgan fingerprint density at radius 3 is 2.88 bits per heavy atom. The SMILES string of the molecule is CNC(=S)N(CCc1c(C)[nH]c2ccc(F)cc12)Cc1ccccn1. The third-order valence-corrected chi connectivity index (χ3v) is 4.76. The van der Waals surface area contributed by atoms with E-state index in [-0.39, 0.29) is 5.82 Å². The first kappa shape index (κ1) is 17.4. The number of thiocarbonyl (C=S) groups is 1. The predicted octanol–water partition coefficient (Wildman–Crippen LogP) is 3.56. The summed E-state index contributed by atoms with van der Waals surface area (Å²) >= 11 is 5.44. The lowest BCUT2D eigenvalue weighted by Gasteiger charge is -2.24. The number of fused-ring (bicyclic) bond motifs is 1. The highest BCUT2D eigenvalue weighted by Crippen LogP contribution is 2.24. The summed E-state index contributed by atoms with van der Waals surface area (Å²) in [5.41, 5.74) is 4.11. The van der Waals surface area contributed by atoms with Gasteiger partial charge in [0.2, 0.25) is 0 Å². The van der Waals surface area contributed by atoms with Crippen LogP contribution in [0.1, 0.15) is 17.0 Å². The Morgan fingerprint density at radius 1 is 1.32 bits per heavy atom. The Hall–Kier alpha value is -2.47. The summed E-state index contributed by atoms with van der Waals surface area (Å²) in [4.78, 5) is 9.78. The van der Waals surface area contributed by atoms with Crippen molar-refractivity contribution in [1.82, 2.24) is 20.2 Å². The molecule has 0 aliphatic heterocycles. The first-order valence-corrected chi connectivity index (χ1v) is 8.62. The van der Waals surface area contributed by atoms with E-state index in [0.29, 0.717) is 11.7 Å². The largest absolute Gasteiger partial charge is 0.366 e. The fraction of sp³-hybridized carbons (Fsp3) is 0.263. The molecule has 0 radical (unpaired) electrons. The number of halogens is 1. The summed E-state index contributed by atoms with van der Waals surface area (Å²) in [5.74, 6) is -0.219. The van der Waals surface area contributed by atoms with Gasteiger partial charge in [0.15, 0.2) is 5.11 Å². The van der Waals surface area contributed by atoms with Crippen LogP contribution in [0.25, 0.3) is 10.9 Å². The Labute approximate surface area is 152 Å². The first-order valence-electron chi connectivity index (χ1n) is 8.21. The molecule has 25 heavy (non-hydrogen) atoms. The maximum atomic E-state index is 13.6. The van der Waals surface area contributed by atoms with Gasteiger partial charge in [-0.3, -0.25) is 4.98 Å². The summed E-state index contributed by atoms with van der Waals surface area (Å²) < 4.78 is 13.6. The molecule has 0 fully saturated rings. The number of H-pyrrole nitrogens is 1. The van der Waals surface area contributed by atoms with Crippen LogP contribution >= 0.6 is 12.2 Å². The molecule has 0 aliphatic carbocycles. The second-order valence-corrected chi connectivity index (χ2v) is 6.35. The predicted molar refractivity (Wildman–Crippen MR) is 103 cm³/mol. The van der Waals surface area contributed by atoms with Gasteiger partial charge in [-0.25, -0.2) is 4.39 Å². The number of nitrogens with zero attached hydrogens (tertiary/aromatic N) is 2. The van der Waals surface area contributed by atoms with Crippen LogP contribution in [0.15, 0.2) is 42.6 Å². The van der Waals surface area contributed by atoms with Crippen molar-refractivity contribution in [2.45, 2.75) is 19.9 Å². The Bertz CT molecular complexity index is 876. The summed E-state index contributed by atoms with van der Waals surface area (Å²) in [7, 11) is 1.82. The number of benzene rings is 1. The van der Waals surface area contributed by atoms with Gasteiger partial charge in [-0.1, -0.05) is 6.07 Å². The van der Waals surface area contributed by atoms with Gasteiger partial charge in [0, 0.05) is 36.4 Å². The lowest BCUT2D eigenvalue weighted by molar-refractivity contribution is 0.407. The minimum atomic E-state index is -0.219. The molecule has 130 valence electrons. The van der Waals surface area contributed by atoms with Gasteiger partial charge in [-0.15, -0.1) is 0 Å². The van der Waals surface area contributed by atoms with Gasteiger partial charge >= 0.3 is 0 Å². The van der Waals surface area contributed by atoms with E-state index in [1.807, 2.05) is 32.2 Å². The summed E-state index contributed by atoms with van der Waals surface area (Å²) in [6, 6.07) is 10.7. The van der Waals surface area contributed by atoms with E-state index in [0.717, 1.165) is 40.8 Å². The maximum absolute atomic E-state index is 13.6. The number of pyridine rings is 1. The van der Waals surface area contributed by atoms with E-state index in [1.54, 1.807) is 18.3 Å². The fourth-order valence-electron chi connectivity index (χ4n) is 3.02. The van der Waals surface area contributed by atoms with Crippen LogP contribution in [0.2, 0.25) is 0 Å². The molecular weight excluding hydrogens is 335 g/mol. The molecule has 0 aliphatic rings. The highest BCUT2D eigenvalue weighted by molar-refractivity contribution is 7.80. The average molecular weight is 356 g/mol. The van der Waals surface area contributed by atoms with Crippen molar-refractivity contribution in [3.63, 3.8) is 0 Å². The number of aromatic amines is 1. The monoisotopic (exact) mass is 356 g/mol. The minimum Gasteiger partial charge on any atom is -0.366 e.